The standard InChI is InChI=1S/C17H20ClNO3/c1-10-11-6-4-7-12(18)15(11)22-14(10)16(20)19-9-5-8-13(19)17(2,3)21/h4,6-7,13,21H,5,8-9H2,1-3H3. The molecule has 2 aromatic rings. The minimum atomic E-state index is -0.927. The molecule has 118 valence electrons. The fourth-order valence-corrected chi connectivity index (χ4v) is 3.50. The highest BCUT2D eigenvalue weighted by molar-refractivity contribution is 6.35. The molecule has 22 heavy (non-hydrogen) atoms. The van der Waals surface area contributed by atoms with Gasteiger partial charge in [-0.2, -0.15) is 0 Å². The van der Waals surface area contributed by atoms with Crippen molar-refractivity contribution in [1.82, 2.24) is 4.90 Å². The minimum absolute atomic E-state index is 0.172. The van der Waals surface area contributed by atoms with Crippen molar-refractivity contribution in [2.24, 2.45) is 0 Å². The molecule has 4 nitrogen and oxygen atoms in total. The van der Waals surface area contributed by atoms with E-state index < -0.39 is 5.60 Å². The lowest BCUT2D eigenvalue weighted by atomic mass is 9.96. The van der Waals surface area contributed by atoms with Crippen molar-refractivity contribution < 1.29 is 14.3 Å². The first-order valence-electron chi connectivity index (χ1n) is 7.51. The number of furan rings is 1. The van der Waals surface area contributed by atoms with E-state index in [0.717, 1.165) is 23.8 Å². The number of carbonyl (C=O) groups excluding carboxylic acids is 1. The van der Waals surface area contributed by atoms with Crippen LogP contribution in [0.15, 0.2) is 22.6 Å². The van der Waals surface area contributed by atoms with Crippen LogP contribution < -0.4 is 0 Å². The van der Waals surface area contributed by atoms with Gasteiger partial charge in [-0.25, -0.2) is 0 Å². The number of amides is 1. The maximum atomic E-state index is 12.9. The van der Waals surface area contributed by atoms with E-state index in [1.807, 2.05) is 19.1 Å². The van der Waals surface area contributed by atoms with E-state index in [-0.39, 0.29) is 11.9 Å². The number of carbonyl (C=O) groups is 1. The molecule has 0 radical (unpaired) electrons. The Kier molecular flexibility index (Phi) is 3.69. The number of para-hydroxylation sites is 1. The van der Waals surface area contributed by atoms with E-state index in [1.54, 1.807) is 24.8 Å². The van der Waals surface area contributed by atoms with Gasteiger partial charge in [0.05, 0.1) is 16.7 Å². The summed E-state index contributed by atoms with van der Waals surface area (Å²) in [5.74, 6) is 0.147. The highest BCUT2D eigenvalue weighted by Crippen LogP contribution is 2.34. The van der Waals surface area contributed by atoms with Crippen molar-refractivity contribution in [3.8, 4) is 0 Å². The van der Waals surface area contributed by atoms with Crippen LogP contribution in [-0.2, 0) is 0 Å². The first kappa shape index (κ1) is 15.4. The third-order valence-electron chi connectivity index (χ3n) is 4.44. The second-order valence-electron chi connectivity index (χ2n) is 6.48. The molecule has 1 saturated heterocycles. The summed E-state index contributed by atoms with van der Waals surface area (Å²) in [6, 6.07) is 5.30. The van der Waals surface area contributed by atoms with Crippen LogP contribution in [0.1, 0.15) is 42.8 Å². The number of aryl methyl sites for hydroxylation is 1. The molecule has 1 aliphatic heterocycles. The van der Waals surface area contributed by atoms with E-state index in [0.29, 0.717) is 22.9 Å². The van der Waals surface area contributed by atoms with Crippen LogP contribution in [0, 0.1) is 6.92 Å². The Labute approximate surface area is 134 Å². The average molecular weight is 322 g/mol. The third-order valence-corrected chi connectivity index (χ3v) is 4.74. The molecule has 1 amide bonds. The summed E-state index contributed by atoms with van der Waals surface area (Å²) in [5, 5.41) is 11.6. The van der Waals surface area contributed by atoms with Crippen molar-refractivity contribution in [2.75, 3.05) is 6.54 Å². The van der Waals surface area contributed by atoms with Crippen LogP contribution >= 0.6 is 11.6 Å². The van der Waals surface area contributed by atoms with Crippen LogP contribution in [-0.4, -0.2) is 34.1 Å². The summed E-state index contributed by atoms with van der Waals surface area (Å²) in [4.78, 5) is 14.6. The molecule has 1 atom stereocenters. The topological polar surface area (TPSA) is 53.7 Å². The van der Waals surface area contributed by atoms with Gasteiger partial charge in [0, 0.05) is 17.5 Å². The number of benzene rings is 1. The normalized spacial score (nSPS) is 19.1. The fourth-order valence-electron chi connectivity index (χ4n) is 3.29. The van der Waals surface area contributed by atoms with Gasteiger partial charge in [-0.05, 0) is 39.7 Å². The smallest absolute Gasteiger partial charge is 0.290 e. The molecule has 1 aliphatic rings. The zero-order chi connectivity index (χ0) is 16.1. The van der Waals surface area contributed by atoms with Gasteiger partial charge in [-0.1, -0.05) is 23.7 Å². The van der Waals surface area contributed by atoms with E-state index in [1.165, 1.54) is 0 Å². The Bertz CT molecular complexity index is 729. The summed E-state index contributed by atoms with van der Waals surface area (Å²) in [5.41, 5.74) is 0.414. The molecule has 1 aromatic heterocycles. The Morgan fingerprint density at radius 3 is 2.82 bits per heavy atom. The number of aliphatic hydroxyl groups is 1. The van der Waals surface area contributed by atoms with Crippen molar-refractivity contribution in [3.63, 3.8) is 0 Å². The van der Waals surface area contributed by atoms with Crippen molar-refractivity contribution in [3.05, 3.63) is 34.5 Å². The second-order valence-corrected chi connectivity index (χ2v) is 6.89. The Balaban J connectivity index is 2.02. The van der Waals surface area contributed by atoms with Crippen LogP contribution in [0.4, 0.5) is 0 Å². The molecular formula is C17H20ClNO3. The van der Waals surface area contributed by atoms with Gasteiger partial charge in [0.15, 0.2) is 11.3 Å². The molecule has 1 fully saturated rings. The van der Waals surface area contributed by atoms with Gasteiger partial charge in [0.2, 0.25) is 0 Å². The largest absolute Gasteiger partial charge is 0.449 e. The summed E-state index contributed by atoms with van der Waals surface area (Å²) in [7, 11) is 0. The average Bonchev–Trinajstić information content (AvgIpc) is 3.04. The number of nitrogens with zero attached hydrogens (tertiary/aromatic N) is 1. The molecule has 0 saturated carbocycles. The van der Waals surface area contributed by atoms with Crippen molar-refractivity contribution >= 4 is 28.5 Å². The van der Waals surface area contributed by atoms with Crippen LogP contribution in [0.25, 0.3) is 11.0 Å². The molecule has 1 N–H and O–H groups in total. The van der Waals surface area contributed by atoms with Gasteiger partial charge in [-0.3, -0.25) is 4.79 Å². The van der Waals surface area contributed by atoms with Gasteiger partial charge >= 0.3 is 0 Å². The highest BCUT2D eigenvalue weighted by atomic mass is 35.5. The molecule has 3 rings (SSSR count). The Morgan fingerprint density at radius 1 is 1.45 bits per heavy atom. The second kappa shape index (κ2) is 5.28. The van der Waals surface area contributed by atoms with Gasteiger partial charge in [-0.15, -0.1) is 0 Å². The van der Waals surface area contributed by atoms with Crippen molar-refractivity contribution in [1.29, 1.82) is 0 Å². The minimum Gasteiger partial charge on any atom is -0.449 e. The third kappa shape index (κ3) is 2.40. The quantitative estimate of drug-likeness (QED) is 0.916. The summed E-state index contributed by atoms with van der Waals surface area (Å²) in [6.45, 7) is 5.99. The highest BCUT2D eigenvalue weighted by Gasteiger charge is 2.40. The van der Waals surface area contributed by atoms with Crippen molar-refractivity contribution in [2.45, 2.75) is 45.3 Å². The number of likely N-dealkylation sites (tertiary alicyclic amines) is 1. The van der Waals surface area contributed by atoms with E-state index >= 15 is 0 Å². The molecular weight excluding hydrogens is 302 g/mol. The van der Waals surface area contributed by atoms with Gasteiger partial charge < -0.3 is 14.4 Å². The maximum absolute atomic E-state index is 12.9. The molecule has 0 aliphatic carbocycles. The van der Waals surface area contributed by atoms with E-state index in [9.17, 15) is 9.90 Å². The van der Waals surface area contributed by atoms with Crippen LogP contribution in [0.5, 0.6) is 0 Å². The Morgan fingerprint density at radius 2 is 2.18 bits per heavy atom. The number of hydrogen-bond donors (Lipinski definition) is 1. The lowest BCUT2D eigenvalue weighted by Crippen LogP contribution is -2.48. The molecule has 5 heteroatoms. The summed E-state index contributed by atoms with van der Waals surface area (Å²) in [6.07, 6.45) is 1.69. The maximum Gasteiger partial charge on any atom is 0.290 e. The summed E-state index contributed by atoms with van der Waals surface area (Å²) < 4.78 is 5.76. The molecule has 0 bridgehead atoms. The molecule has 2 heterocycles. The number of rotatable bonds is 2. The van der Waals surface area contributed by atoms with Crippen LogP contribution in [0.3, 0.4) is 0 Å². The number of halogens is 1. The first-order valence-corrected chi connectivity index (χ1v) is 7.89. The summed E-state index contributed by atoms with van der Waals surface area (Å²) >= 11 is 6.15. The number of fused-ring (bicyclic) bond motifs is 1. The predicted octanol–water partition coefficient (Wildman–Crippen LogP) is 3.77. The van der Waals surface area contributed by atoms with E-state index in [2.05, 4.69) is 0 Å². The molecule has 1 unspecified atom stereocenters. The molecule has 0 spiro atoms. The Hall–Kier alpha value is -1.52. The lowest BCUT2D eigenvalue weighted by molar-refractivity contribution is -0.000723. The first-order chi connectivity index (χ1) is 10.3. The number of hydrogen-bond acceptors (Lipinski definition) is 3. The zero-order valence-electron chi connectivity index (χ0n) is 13.0. The predicted molar refractivity (Wildman–Crippen MR) is 86.3 cm³/mol. The van der Waals surface area contributed by atoms with Gasteiger partial charge in [0.25, 0.3) is 5.91 Å². The van der Waals surface area contributed by atoms with Crippen LogP contribution in [0.2, 0.25) is 5.02 Å². The monoisotopic (exact) mass is 321 g/mol. The lowest BCUT2D eigenvalue weighted by Gasteiger charge is -2.33. The SMILES string of the molecule is Cc1c(C(=O)N2CCCC2C(C)(C)O)oc2c(Cl)cccc12. The zero-order valence-corrected chi connectivity index (χ0v) is 13.8. The van der Waals surface area contributed by atoms with E-state index in [4.69, 9.17) is 16.0 Å². The van der Waals surface area contributed by atoms with Gasteiger partial charge in [0.1, 0.15) is 0 Å². The molecule has 1 aromatic carbocycles. The fraction of sp³-hybridized carbons (Fsp3) is 0.471.